The number of aliphatic hydroxyl groups excluding tert-OH is 4. The van der Waals surface area contributed by atoms with Gasteiger partial charge in [-0.15, -0.1) is 11.3 Å². The summed E-state index contributed by atoms with van der Waals surface area (Å²) in [5, 5.41) is 52.7. The third-order valence-electron chi connectivity index (χ3n) is 5.40. The molecule has 3 heterocycles. The highest BCUT2D eigenvalue weighted by atomic mass is 35.5. The van der Waals surface area contributed by atoms with Crippen LogP contribution in [0.3, 0.4) is 0 Å². The molecule has 166 valence electrons. The van der Waals surface area contributed by atoms with Crippen LogP contribution in [-0.2, 0) is 4.74 Å². The maximum Gasteiger partial charge on any atom is 0.271 e. The van der Waals surface area contributed by atoms with Crippen molar-refractivity contribution in [1.29, 1.82) is 5.26 Å². The monoisotopic (exact) mass is 474 g/mol. The Bertz CT molecular complexity index is 1200. The van der Waals surface area contributed by atoms with Gasteiger partial charge in [0.25, 0.3) is 5.56 Å². The zero-order chi connectivity index (χ0) is 23.0. The smallest absolute Gasteiger partial charge is 0.271 e. The molecule has 1 fully saturated rings. The Morgan fingerprint density at radius 2 is 1.84 bits per heavy atom. The van der Waals surface area contributed by atoms with Crippen LogP contribution < -0.4 is 5.56 Å². The molecule has 3 aromatic rings. The summed E-state index contributed by atoms with van der Waals surface area (Å²) in [7, 11) is 0. The summed E-state index contributed by atoms with van der Waals surface area (Å²) in [6.07, 6.45) is -7.64. The molecule has 10 heteroatoms. The van der Waals surface area contributed by atoms with E-state index in [2.05, 4.69) is 0 Å². The van der Waals surface area contributed by atoms with Gasteiger partial charge in [0.2, 0.25) is 0 Å². The fourth-order valence-corrected chi connectivity index (χ4v) is 4.62. The highest BCUT2D eigenvalue weighted by Crippen LogP contribution is 2.35. The van der Waals surface area contributed by atoms with Crippen LogP contribution >= 0.6 is 22.9 Å². The minimum atomic E-state index is -1.70. The molecule has 32 heavy (non-hydrogen) atoms. The van der Waals surface area contributed by atoms with Gasteiger partial charge in [0, 0.05) is 15.5 Å². The van der Waals surface area contributed by atoms with E-state index >= 15 is 0 Å². The summed E-state index contributed by atoms with van der Waals surface area (Å²) in [5.74, 6) is 0. The van der Waals surface area contributed by atoms with Gasteiger partial charge in [0.1, 0.15) is 36.0 Å². The Labute approximate surface area is 191 Å². The summed E-state index contributed by atoms with van der Waals surface area (Å²) in [6.45, 7) is -0.648. The first kappa shape index (κ1) is 22.6. The number of aromatic nitrogens is 1. The molecule has 0 bridgehead atoms. The molecule has 0 radical (unpaired) electrons. The number of nitrogens with zero attached hydrogens (tertiary/aromatic N) is 2. The lowest BCUT2D eigenvalue weighted by Crippen LogP contribution is -2.57. The molecule has 0 spiro atoms. The molecule has 0 amide bonds. The van der Waals surface area contributed by atoms with E-state index in [-0.39, 0.29) is 5.56 Å². The number of halogens is 1. The number of aliphatic hydroxyl groups is 4. The molecule has 1 aliphatic rings. The lowest BCUT2D eigenvalue weighted by molar-refractivity contribution is -0.251. The number of nitriles is 1. The zero-order valence-electron chi connectivity index (χ0n) is 16.5. The number of hydrogen-bond donors (Lipinski definition) is 4. The van der Waals surface area contributed by atoms with Gasteiger partial charge in [-0.1, -0.05) is 29.8 Å². The lowest BCUT2D eigenvalue weighted by atomic mass is 9.96. The van der Waals surface area contributed by atoms with E-state index in [0.29, 0.717) is 26.7 Å². The summed E-state index contributed by atoms with van der Waals surface area (Å²) in [6, 6.07) is 13.7. The van der Waals surface area contributed by atoms with Crippen LogP contribution in [0.15, 0.2) is 52.6 Å². The molecule has 8 nitrogen and oxygen atoms in total. The highest BCUT2D eigenvalue weighted by molar-refractivity contribution is 7.13. The maximum absolute atomic E-state index is 13.5. The average Bonchev–Trinajstić information content (AvgIpc) is 3.33. The van der Waals surface area contributed by atoms with Gasteiger partial charge < -0.3 is 25.2 Å². The number of ether oxygens (including phenoxy) is 1. The first-order valence-corrected chi connectivity index (χ1v) is 10.9. The molecule has 4 rings (SSSR count). The van der Waals surface area contributed by atoms with Crippen molar-refractivity contribution in [3.63, 3.8) is 0 Å². The van der Waals surface area contributed by atoms with Crippen LogP contribution in [-0.4, -0.2) is 56.0 Å². The van der Waals surface area contributed by atoms with Crippen molar-refractivity contribution in [1.82, 2.24) is 4.57 Å². The van der Waals surface area contributed by atoms with Gasteiger partial charge in [-0.2, -0.15) is 5.26 Å². The molecular weight excluding hydrogens is 456 g/mol. The van der Waals surface area contributed by atoms with E-state index in [1.54, 1.807) is 42.5 Å². The van der Waals surface area contributed by atoms with E-state index in [4.69, 9.17) is 16.3 Å². The number of hydrogen-bond acceptors (Lipinski definition) is 8. The van der Waals surface area contributed by atoms with Crippen LogP contribution in [0.2, 0.25) is 5.02 Å². The SMILES string of the molecule is N#Cc1c(-c2cccs2)cc(-c2ccc(Cl)cc2)n([C@@H]2O[C@H](CO)[C@@H](O)[C@H](O)[C@H]2O)c1=O. The van der Waals surface area contributed by atoms with E-state index in [1.807, 2.05) is 11.4 Å². The largest absolute Gasteiger partial charge is 0.394 e. The van der Waals surface area contributed by atoms with E-state index < -0.39 is 42.8 Å². The Balaban J connectivity index is 2.00. The molecule has 1 aromatic carbocycles. The fourth-order valence-electron chi connectivity index (χ4n) is 3.75. The number of pyridine rings is 1. The topological polar surface area (TPSA) is 136 Å². The van der Waals surface area contributed by atoms with E-state index in [1.165, 1.54) is 11.3 Å². The van der Waals surface area contributed by atoms with Crippen molar-refractivity contribution < 1.29 is 25.2 Å². The number of rotatable bonds is 4. The first-order valence-electron chi connectivity index (χ1n) is 9.67. The van der Waals surface area contributed by atoms with Gasteiger partial charge in [-0.05, 0) is 35.2 Å². The van der Waals surface area contributed by atoms with Crippen molar-refractivity contribution in [2.45, 2.75) is 30.6 Å². The third kappa shape index (κ3) is 3.87. The molecule has 0 aliphatic carbocycles. The molecule has 0 unspecified atom stereocenters. The van der Waals surface area contributed by atoms with Gasteiger partial charge in [-0.25, -0.2) is 0 Å². The highest BCUT2D eigenvalue weighted by Gasteiger charge is 2.45. The normalized spacial score (nSPS) is 25.4. The quantitative estimate of drug-likeness (QED) is 0.452. The van der Waals surface area contributed by atoms with Crippen molar-refractivity contribution >= 4 is 22.9 Å². The average molecular weight is 475 g/mol. The first-order chi connectivity index (χ1) is 15.4. The molecule has 2 aromatic heterocycles. The summed E-state index contributed by atoms with van der Waals surface area (Å²) in [4.78, 5) is 14.2. The van der Waals surface area contributed by atoms with Gasteiger partial charge in [0.05, 0.1) is 12.3 Å². The van der Waals surface area contributed by atoms with Crippen LogP contribution in [0.5, 0.6) is 0 Å². The Morgan fingerprint density at radius 1 is 1.12 bits per heavy atom. The molecular formula is C22H19ClN2O6S. The predicted molar refractivity (Wildman–Crippen MR) is 118 cm³/mol. The predicted octanol–water partition coefficient (Wildman–Crippen LogP) is 1.74. The van der Waals surface area contributed by atoms with Crippen molar-refractivity contribution in [3.05, 3.63) is 68.8 Å². The van der Waals surface area contributed by atoms with Crippen LogP contribution in [0.1, 0.15) is 11.8 Å². The Hall–Kier alpha value is -2.55. The molecule has 4 N–H and O–H groups in total. The Kier molecular flexibility index (Phi) is 6.46. The van der Waals surface area contributed by atoms with Gasteiger partial charge in [-0.3, -0.25) is 9.36 Å². The molecule has 5 atom stereocenters. The second-order valence-corrected chi connectivity index (χ2v) is 8.69. The fraction of sp³-hybridized carbons (Fsp3) is 0.273. The zero-order valence-corrected chi connectivity index (χ0v) is 18.1. The second-order valence-electron chi connectivity index (χ2n) is 7.31. The minimum Gasteiger partial charge on any atom is -0.394 e. The molecule has 1 aliphatic heterocycles. The molecule has 0 saturated carbocycles. The summed E-state index contributed by atoms with van der Waals surface area (Å²) < 4.78 is 6.70. The van der Waals surface area contributed by atoms with E-state index in [9.17, 15) is 30.5 Å². The van der Waals surface area contributed by atoms with Crippen molar-refractivity contribution in [2.75, 3.05) is 6.61 Å². The van der Waals surface area contributed by atoms with Crippen molar-refractivity contribution in [3.8, 4) is 27.8 Å². The second kappa shape index (κ2) is 9.13. The Morgan fingerprint density at radius 3 is 2.44 bits per heavy atom. The van der Waals surface area contributed by atoms with Crippen molar-refractivity contribution in [2.24, 2.45) is 0 Å². The number of thiophene rings is 1. The summed E-state index contributed by atoms with van der Waals surface area (Å²) >= 11 is 7.37. The van der Waals surface area contributed by atoms with Gasteiger partial charge in [0.15, 0.2) is 6.23 Å². The maximum atomic E-state index is 13.5. The number of benzene rings is 1. The van der Waals surface area contributed by atoms with Crippen LogP contribution in [0.4, 0.5) is 0 Å². The van der Waals surface area contributed by atoms with Gasteiger partial charge >= 0.3 is 0 Å². The third-order valence-corrected chi connectivity index (χ3v) is 6.56. The van der Waals surface area contributed by atoms with Crippen LogP contribution in [0.25, 0.3) is 21.7 Å². The molecule has 1 saturated heterocycles. The lowest BCUT2D eigenvalue weighted by Gasteiger charge is -2.41. The summed E-state index contributed by atoms with van der Waals surface area (Å²) in [5.41, 5.74) is 0.359. The minimum absolute atomic E-state index is 0.165. The van der Waals surface area contributed by atoms with Crippen LogP contribution in [0, 0.1) is 11.3 Å². The van der Waals surface area contributed by atoms with E-state index in [0.717, 1.165) is 4.57 Å². The standard InChI is InChI=1S/C22H19ClN2O6S/c23-12-5-3-11(4-6-12)15-8-13(17-2-1-7-32-17)14(9-24)21(30)25(15)22-20(29)19(28)18(27)16(10-26)31-22/h1-8,16,18-20,22,26-29H,10H2/t16-,18-,19+,20-,22-/m1/s1.